The molecule has 0 spiro atoms. The summed E-state index contributed by atoms with van der Waals surface area (Å²) in [6.07, 6.45) is -0.0140. The first-order chi connectivity index (χ1) is 9.00. The molecule has 0 amide bonds. The van der Waals surface area contributed by atoms with Crippen LogP contribution in [-0.4, -0.2) is 21.3 Å². The van der Waals surface area contributed by atoms with Crippen molar-refractivity contribution in [3.05, 3.63) is 42.0 Å². The van der Waals surface area contributed by atoms with Gasteiger partial charge in [0.15, 0.2) is 5.69 Å². The van der Waals surface area contributed by atoms with E-state index in [-0.39, 0.29) is 0 Å². The summed E-state index contributed by atoms with van der Waals surface area (Å²) in [5.74, 6) is 0. The van der Waals surface area contributed by atoms with E-state index in [9.17, 15) is 13.2 Å². The van der Waals surface area contributed by atoms with Gasteiger partial charge in [-0.05, 0) is 24.2 Å². The zero-order chi connectivity index (χ0) is 13.9. The summed E-state index contributed by atoms with van der Waals surface area (Å²) < 4.78 is 38.6. The summed E-state index contributed by atoms with van der Waals surface area (Å²) in [5.41, 5.74) is 0.485. The van der Waals surface area contributed by atoms with Gasteiger partial charge in [-0.25, -0.2) is 4.68 Å². The molecule has 0 saturated heterocycles. The summed E-state index contributed by atoms with van der Waals surface area (Å²) in [5, 5.41) is 6.63. The number of nitrogens with zero attached hydrogens (tertiary/aromatic N) is 3. The smallest absolute Gasteiger partial charge is 0.313 e. The molecule has 2 rings (SSSR count). The van der Waals surface area contributed by atoms with Crippen LogP contribution in [0.2, 0.25) is 0 Å². The molecule has 0 fully saturated rings. The maximum Gasteiger partial charge on any atom is 0.435 e. The number of nitrogens with one attached hydrogen (secondary N) is 1. The highest BCUT2D eigenvalue weighted by atomic mass is 19.4. The quantitative estimate of drug-likeness (QED) is 0.927. The van der Waals surface area contributed by atoms with E-state index >= 15 is 0 Å². The molecule has 0 saturated carbocycles. The van der Waals surface area contributed by atoms with Crippen molar-refractivity contribution in [2.24, 2.45) is 0 Å². The molecule has 0 radical (unpaired) electrons. The Hall–Kier alpha value is -1.89. The highest BCUT2D eigenvalue weighted by Crippen LogP contribution is 2.27. The summed E-state index contributed by atoms with van der Waals surface area (Å²) in [6.45, 7) is 3.40. The molecule has 7 heteroatoms. The lowest BCUT2D eigenvalue weighted by Gasteiger charge is -2.05. The van der Waals surface area contributed by atoms with Crippen molar-refractivity contribution in [2.45, 2.75) is 19.6 Å². The Labute approximate surface area is 108 Å². The normalized spacial score (nSPS) is 11.8. The Morgan fingerprint density at radius 3 is 2.74 bits per heavy atom. The molecular formula is C12H13F3N4. The average Bonchev–Trinajstić information content (AvgIpc) is 2.86. The molecule has 0 aliphatic heterocycles. The molecule has 4 nitrogen and oxygen atoms in total. The predicted octanol–water partition coefficient (Wildman–Crippen LogP) is 2.40. The van der Waals surface area contributed by atoms with Gasteiger partial charge in [0.05, 0.1) is 11.9 Å². The molecule has 0 aliphatic rings. The second-order valence-corrected chi connectivity index (χ2v) is 3.98. The molecule has 0 bridgehead atoms. The summed E-state index contributed by atoms with van der Waals surface area (Å²) >= 11 is 0. The van der Waals surface area contributed by atoms with Crippen molar-refractivity contribution in [3.63, 3.8) is 0 Å². The van der Waals surface area contributed by atoms with Gasteiger partial charge < -0.3 is 5.32 Å². The molecule has 1 N–H and O–H groups in total. The topological polar surface area (TPSA) is 42.7 Å². The van der Waals surface area contributed by atoms with Crippen LogP contribution in [0.25, 0.3) is 5.69 Å². The monoisotopic (exact) mass is 270 g/mol. The van der Waals surface area contributed by atoms with Crippen LogP contribution in [0, 0.1) is 0 Å². The molecule has 0 aliphatic carbocycles. The van der Waals surface area contributed by atoms with Crippen molar-refractivity contribution in [2.75, 3.05) is 6.54 Å². The van der Waals surface area contributed by atoms with E-state index in [4.69, 9.17) is 0 Å². The van der Waals surface area contributed by atoms with Gasteiger partial charge >= 0.3 is 6.18 Å². The van der Waals surface area contributed by atoms with Gasteiger partial charge in [-0.2, -0.15) is 18.3 Å². The molecule has 0 atom stereocenters. The van der Waals surface area contributed by atoms with E-state index in [1.54, 1.807) is 12.3 Å². The Morgan fingerprint density at radius 1 is 1.32 bits per heavy atom. The van der Waals surface area contributed by atoms with Gasteiger partial charge in [-0.1, -0.05) is 6.92 Å². The van der Waals surface area contributed by atoms with E-state index < -0.39 is 11.9 Å². The highest BCUT2D eigenvalue weighted by molar-refractivity contribution is 5.31. The predicted molar refractivity (Wildman–Crippen MR) is 63.7 cm³/mol. The first-order valence-electron chi connectivity index (χ1n) is 5.78. The minimum atomic E-state index is -4.43. The van der Waals surface area contributed by atoms with Gasteiger partial charge in [-0.15, -0.1) is 0 Å². The van der Waals surface area contributed by atoms with Crippen LogP contribution in [-0.2, 0) is 12.7 Å². The fourth-order valence-electron chi connectivity index (χ4n) is 1.58. The third-order valence-corrected chi connectivity index (χ3v) is 2.50. The van der Waals surface area contributed by atoms with E-state index in [0.717, 1.165) is 18.2 Å². The molecule has 19 heavy (non-hydrogen) atoms. The number of hydrogen-bond acceptors (Lipinski definition) is 3. The van der Waals surface area contributed by atoms with Crippen LogP contribution in [0.15, 0.2) is 30.7 Å². The zero-order valence-corrected chi connectivity index (χ0v) is 10.3. The molecule has 2 aromatic heterocycles. The summed E-state index contributed by atoms with van der Waals surface area (Å²) in [7, 11) is 0. The maximum absolute atomic E-state index is 12.5. The Morgan fingerprint density at radius 2 is 2.11 bits per heavy atom. The van der Waals surface area contributed by atoms with E-state index in [1.165, 1.54) is 17.1 Å². The average molecular weight is 270 g/mol. The van der Waals surface area contributed by atoms with Crippen molar-refractivity contribution in [1.82, 2.24) is 20.1 Å². The molecule has 102 valence electrons. The van der Waals surface area contributed by atoms with E-state index in [2.05, 4.69) is 15.4 Å². The first kappa shape index (κ1) is 13.5. The van der Waals surface area contributed by atoms with E-state index in [1.807, 2.05) is 6.92 Å². The standard InChI is InChI=1S/C12H13F3N4/c1-2-16-6-9-5-10(8-17-7-9)19-4-3-11(18-19)12(13,14)15/h3-5,7-8,16H,2,6H2,1H3. The zero-order valence-electron chi connectivity index (χ0n) is 10.3. The second kappa shape index (κ2) is 5.40. The molecule has 0 unspecified atom stereocenters. The summed E-state index contributed by atoms with van der Waals surface area (Å²) in [4.78, 5) is 4.00. The lowest BCUT2D eigenvalue weighted by atomic mass is 10.2. The molecule has 2 heterocycles. The minimum absolute atomic E-state index is 0.505. The van der Waals surface area contributed by atoms with Gasteiger partial charge in [0.1, 0.15) is 0 Å². The van der Waals surface area contributed by atoms with Crippen molar-refractivity contribution < 1.29 is 13.2 Å². The largest absolute Gasteiger partial charge is 0.435 e. The number of halogens is 3. The van der Waals surface area contributed by atoms with Gasteiger partial charge in [0.25, 0.3) is 0 Å². The van der Waals surface area contributed by atoms with Crippen molar-refractivity contribution in [1.29, 1.82) is 0 Å². The van der Waals surface area contributed by atoms with Gasteiger partial charge in [-0.3, -0.25) is 4.98 Å². The fraction of sp³-hybridized carbons (Fsp3) is 0.333. The molecule has 2 aromatic rings. The first-order valence-corrected chi connectivity index (χ1v) is 5.78. The molecule has 0 aromatic carbocycles. The fourth-order valence-corrected chi connectivity index (χ4v) is 1.58. The highest BCUT2D eigenvalue weighted by Gasteiger charge is 2.33. The lowest BCUT2D eigenvalue weighted by molar-refractivity contribution is -0.141. The SMILES string of the molecule is CCNCc1cncc(-n2ccc(C(F)(F)F)n2)c1. The number of alkyl halides is 3. The van der Waals surface area contributed by atoms with Crippen LogP contribution in [0.5, 0.6) is 0 Å². The van der Waals surface area contributed by atoms with Crippen LogP contribution in [0.4, 0.5) is 13.2 Å². The van der Waals surface area contributed by atoms with Crippen molar-refractivity contribution in [3.8, 4) is 5.69 Å². The Bertz CT molecular complexity index is 548. The second-order valence-electron chi connectivity index (χ2n) is 3.98. The Kier molecular flexibility index (Phi) is 3.84. The van der Waals surface area contributed by atoms with Crippen molar-refractivity contribution >= 4 is 0 Å². The van der Waals surface area contributed by atoms with Crippen LogP contribution in [0.3, 0.4) is 0 Å². The summed E-state index contributed by atoms with van der Waals surface area (Å²) in [6, 6.07) is 2.69. The number of aromatic nitrogens is 3. The number of rotatable bonds is 4. The number of pyridine rings is 1. The van der Waals surface area contributed by atoms with Gasteiger partial charge in [0, 0.05) is 18.9 Å². The van der Waals surface area contributed by atoms with E-state index in [0.29, 0.717) is 12.2 Å². The van der Waals surface area contributed by atoms with Crippen LogP contribution >= 0.6 is 0 Å². The lowest BCUT2D eigenvalue weighted by Crippen LogP contribution is -2.12. The van der Waals surface area contributed by atoms with Crippen LogP contribution in [0.1, 0.15) is 18.2 Å². The molecular weight excluding hydrogens is 257 g/mol. The third kappa shape index (κ3) is 3.31. The maximum atomic E-state index is 12.5. The third-order valence-electron chi connectivity index (χ3n) is 2.50. The number of hydrogen-bond donors (Lipinski definition) is 1. The Balaban J connectivity index is 2.24. The minimum Gasteiger partial charge on any atom is -0.313 e. The van der Waals surface area contributed by atoms with Crippen LogP contribution < -0.4 is 5.32 Å². The van der Waals surface area contributed by atoms with Gasteiger partial charge in [0.2, 0.25) is 0 Å².